The van der Waals surface area contributed by atoms with Crippen LogP contribution < -0.4 is 10.6 Å². The van der Waals surface area contributed by atoms with E-state index in [1.165, 1.54) is 5.32 Å². The number of carboxylic acid groups (broad SMARTS) is 1. The Morgan fingerprint density at radius 2 is 1.73 bits per heavy atom. The molecular weight excluding hydrogens is 315 g/mol. The number of alkyl halides is 3. The monoisotopic (exact) mass is 326 g/mol. The number of carbonyl (C=O) groups is 2. The second-order valence-corrected chi connectivity index (χ2v) is 4.15. The standard InChI is InChI=1S/C12H11F5N2O3/c13-6-2-1-3-7(14)9(6)10(12(15,16)17)19-11(22)18-5-4-8(20)21/h1-3,10H,4-5H2,(H,20,21)(H2,18,19,22). The van der Waals surface area contributed by atoms with Gasteiger partial charge in [0.25, 0.3) is 0 Å². The predicted molar refractivity (Wildman–Crippen MR) is 63.9 cm³/mol. The van der Waals surface area contributed by atoms with Gasteiger partial charge in [0.2, 0.25) is 0 Å². The average Bonchev–Trinajstić information content (AvgIpc) is 2.35. The molecule has 122 valence electrons. The molecule has 1 rings (SSSR count). The van der Waals surface area contributed by atoms with E-state index in [2.05, 4.69) is 0 Å². The second kappa shape index (κ2) is 7.05. The molecule has 0 bridgehead atoms. The van der Waals surface area contributed by atoms with Crippen molar-refractivity contribution in [2.45, 2.75) is 18.6 Å². The van der Waals surface area contributed by atoms with Crippen molar-refractivity contribution in [2.75, 3.05) is 6.54 Å². The Balaban J connectivity index is 2.92. The van der Waals surface area contributed by atoms with E-state index < -0.39 is 54.4 Å². The maximum absolute atomic E-state index is 13.4. The van der Waals surface area contributed by atoms with E-state index >= 15 is 0 Å². The number of rotatable bonds is 5. The van der Waals surface area contributed by atoms with Crippen molar-refractivity contribution in [1.82, 2.24) is 10.6 Å². The molecule has 0 aromatic heterocycles. The van der Waals surface area contributed by atoms with Crippen molar-refractivity contribution in [3.05, 3.63) is 35.4 Å². The lowest BCUT2D eigenvalue weighted by molar-refractivity contribution is -0.156. The molecule has 0 saturated carbocycles. The highest BCUT2D eigenvalue weighted by Gasteiger charge is 2.44. The van der Waals surface area contributed by atoms with Crippen LogP contribution in [0.2, 0.25) is 0 Å². The molecule has 0 aliphatic heterocycles. The van der Waals surface area contributed by atoms with E-state index in [1.54, 1.807) is 0 Å². The molecule has 5 nitrogen and oxygen atoms in total. The van der Waals surface area contributed by atoms with E-state index in [4.69, 9.17) is 5.11 Å². The molecule has 10 heteroatoms. The third-order valence-corrected chi connectivity index (χ3v) is 2.52. The largest absolute Gasteiger partial charge is 0.481 e. The van der Waals surface area contributed by atoms with Crippen molar-refractivity contribution in [3.63, 3.8) is 0 Å². The molecule has 22 heavy (non-hydrogen) atoms. The summed E-state index contributed by atoms with van der Waals surface area (Å²) in [5.74, 6) is -4.20. The number of hydrogen-bond acceptors (Lipinski definition) is 2. The van der Waals surface area contributed by atoms with Crippen molar-refractivity contribution in [2.24, 2.45) is 0 Å². The van der Waals surface area contributed by atoms with Crippen LogP contribution in [0, 0.1) is 11.6 Å². The molecule has 0 aliphatic rings. The van der Waals surface area contributed by atoms with Gasteiger partial charge in [-0.1, -0.05) is 6.07 Å². The van der Waals surface area contributed by atoms with Gasteiger partial charge in [0, 0.05) is 6.54 Å². The first-order valence-corrected chi connectivity index (χ1v) is 5.89. The number of hydrogen-bond donors (Lipinski definition) is 3. The number of carboxylic acids is 1. The summed E-state index contributed by atoms with van der Waals surface area (Å²) in [6.45, 7) is -0.439. The summed E-state index contributed by atoms with van der Waals surface area (Å²) in [4.78, 5) is 21.5. The predicted octanol–water partition coefficient (Wildman–Crippen LogP) is 2.34. The van der Waals surface area contributed by atoms with Crippen LogP contribution in [0.5, 0.6) is 0 Å². The van der Waals surface area contributed by atoms with E-state index in [0.717, 1.165) is 6.07 Å². The molecule has 2 amide bonds. The van der Waals surface area contributed by atoms with Gasteiger partial charge in [-0.3, -0.25) is 4.79 Å². The minimum Gasteiger partial charge on any atom is -0.481 e. The molecule has 0 spiro atoms. The number of carbonyl (C=O) groups excluding carboxylic acids is 1. The fraction of sp³-hybridized carbons (Fsp3) is 0.333. The van der Waals surface area contributed by atoms with Gasteiger partial charge in [-0.2, -0.15) is 13.2 Å². The zero-order valence-electron chi connectivity index (χ0n) is 10.9. The van der Waals surface area contributed by atoms with Crippen LogP contribution in [0.4, 0.5) is 26.7 Å². The number of urea groups is 1. The second-order valence-electron chi connectivity index (χ2n) is 4.15. The number of amides is 2. The third-order valence-electron chi connectivity index (χ3n) is 2.52. The number of nitrogens with one attached hydrogen (secondary N) is 2. The highest BCUT2D eigenvalue weighted by atomic mass is 19.4. The third kappa shape index (κ3) is 4.86. The molecule has 1 unspecified atom stereocenters. The topological polar surface area (TPSA) is 78.4 Å². The lowest BCUT2D eigenvalue weighted by atomic mass is 10.1. The van der Waals surface area contributed by atoms with E-state index in [0.29, 0.717) is 12.1 Å². The molecule has 0 fully saturated rings. The molecule has 1 atom stereocenters. The van der Waals surface area contributed by atoms with Gasteiger partial charge in [-0.05, 0) is 12.1 Å². The van der Waals surface area contributed by atoms with E-state index in [1.807, 2.05) is 5.32 Å². The van der Waals surface area contributed by atoms with Gasteiger partial charge in [0.1, 0.15) is 11.6 Å². The Hall–Kier alpha value is -2.39. The van der Waals surface area contributed by atoms with E-state index in [-0.39, 0.29) is 0 Å². The quantitative estimate of drug-likeness (QED) is 0.727. The van der Waals surface area contributed by atoms with Crippen molar-refractivity contribution < 1.29 is 36.6 Å². The Kier molecular flexibility index (Phi) is 5.66. The molecule has 3 N–H and O–H groups in total. The number of halogens is 5. The van der Waals surface area contributed by atoms with Gasteiger partial charge in [0.15, 0.2) is 6.04 Å². The first-order valence-electron chi connectivity index (χ1n) is 5.89. The molecule has 0 aliphatic carbocycles. The lowest BCUT2D eigenvalue weighted by Gasteiger charge is -2.23. The van der Waals surface area contributed by atoms with Gasteiger partial charge in [0.05, 0.1) is 12.0 Å². The van der Waals surface area contributed by atoms with E-state index in [9.17, 15) is 31.5 Å². The summed E-state index contributed by atoms with van der Waals surface area (Å²) in [5, 5.41) is 11.6. The van der Waals surface area contributed by atoms with Crippen LogP contribution in [0.25, 0.3) is 0 Å². The minimum absolute atomic E-state index is 0.439. The first-order chi connectivity index (χ1) is 10.1. The van der Waals surface area contributed by atoms with Crippen LogP contribution in [-0.4, -0.2) is 29.8 Å². The Morgan fingerprint density at radius 3 is 2.18 bits per heavy atom. The lowest BCUT2D eigenvalue weighted by Crippen LogP contribution is -2.44. The van der Waals surface area contributed by atoms with Gasteiger partial charge < -0.3 is 15.7 Å². The summed E-state index contributed by atoms with van der Waals surface area (Å²) < 4.78 is 65.6. The highest BCUT2D eigenvalue weighted by molar-refractivity contribution is 5.75. The van der Waals surface area contributed by atoms with Crippen LogP contribution in [0.1, 0.15) is 18.0 Å². The van der Waals surface area contributed by atoms with Crippen LogP contribution in [0.15, 0.2) is 18.2 Å². The van der Waals surface area contributed by atoms with Crippen LogP contribution in [0.3, 0.4) is 0 Å². The van der Waals surface area contributed by atoms with Gasteiger partial charge >= 0.3 is 18.2 Å². The molecule has 1 aromatic carbocycles. The Bertz CT molecular complexity index is 542. The van der Waals surface area contributed by atoms with Gasteiger partial charge in [-0.15, -0.1) is 0 Å². The normalized spacial score (nSPS) is 12.6. The van der Waals surface area contributed by atoms with Crippen LogP contribution in [-0.2, 0) is 4.79 Å². The summed E-state index contributed by atoms with van der Waals surface area (Å²) >= 11 is 0. The van der Waals surface area contributed by atoms with Crippen molar-refractivity contribution in [3.8, 4) is 0 Å². The maximum atomic E-state index is 13.4. The highest BCUT2D eigenvalue weighted by Crippen LogP contribution is 2.35. The maximum Gasteiger partial charge on any atom is 0.413 e. The summed E-state index contributed by atoms with van der Waals surface area (Å²) in [6.07, 6.45) is -5.66. The molecule has 0 saturated heterocycles. The number of aliphatic carboxylic acids is 1. The summed E-state index contributed by atoms with van der Waals surface area (Å²) in [7, 11) is 0. The smallest absolute Gasteiger partial charge is 0.413 e. The Morgan fingerprint density at radius 1 is 1.18 bits per heavy atom. The minimum atomic E-state index is -5.15. The number of benzene rings is 1. The van der Waals surface area contributed by atoms with Gasteiger partial charge in [-0.25, -0.2) is 13.6 Å². The Labute approximate surface area is 121 Å². The SMILES string of the molecule is O=C(O)CCNC(=O)NC(c1c(F)cccc1F)C(F)(F)F. The molecule has 1 aromatic rings. The average molecular weight is 326 g/mol. The first kappa shape index (κ1) is 17.7. The summed E-state index contributed by atoms with van der Waals surface area (Å²) in [5.41, 5.74) is -1.34. The summed E-state index contributed by atoms with van der Waals surface area (Å²) in [6, 6.07) is -2.17. The molecule has 0 radical (unpaired) electrons. The fourth-order valence-electron chi connectivity index (χ4n) is 1.57. The zero-order chi connectivity index (χ0) is 16.9. The van der Waals surface area contributed by atoms with Crippen LogP contribution >= 0.6 is 0 Å². The zero-order valence-corrected chi connectivity index (χ0v) is 10.9. The van der Waals surface area contributed by atoms with Crippen molar-refractivity contribution >= 4 is 12.0 Å². The molecule has 0 heterocycles. The fourth-order valence-corrected chi connectivity index (χ4v) is 1.57. The molecular formula is C12H11F5N2O3. The van der Waals surface area contributed by atoms with Crippen molar-refractivity contribution in [1.29, 1.82) is 0 Å².